The Morgan fingerprint density at radius 1 is 1.12 bits per heavy atom. The first-order chi connectivity index (χ1) is 11.5. The van der Waals surface area contributed by atoms with Gasteiger partial charge in [-0.25, -0.2) is 13.0 Å². The van der Waals surface area contributed by atoms with Gasteiger partial charge in [0.25, 0.3) is 10.0 Å². The number of hydrogen-bond donors (Lipinski definition) is 1. The number of ether oxygens (including phenoxy) is 2. The maximum Gasteiger partial charge on any atom is 0.265 e. The third-order valence-corrected chi connectivity index (χ3v) is 5.12. The van der Waals surface area contributed by atoms with Crippen molar-refractivity contribution in [3.05, 3.63) is 35.4 Å². The summed E-state index contributed by atoms with van der Waals surface area (Å²) in [5.41, 5.74) is 0.510. The Bertz CT molecular complexity index is 1000. The molecule has 126 valence electrons. The number of methoxy groups -OCH3 is 2. The first-order valence-corrected chi connectivity index (χ1v) is 8.48. The van der Waals surface area contributed by atoms with Gasteiger partial charge >= 0.3 is 0 Å². The normalized spacial score (nSPS) is 11.5. The van der Waals surface area contributed by atoms with Crippen molar-refractivity contribution in [2.45, 2.75) is 4.90 Å². The molecule has 3 rings (SSSR count). The summed E-state index contributed by atoms with van der Waals surface area (Å²) < 4.78 is 43.0. The molecule has 0 atom stereocenters. The standard InChI is InChI=1S/C14H12ClN3O5S/c1-21-11-5-3-4-10(13(11)22-2)18-24(19,20)14-8(15)6-7-9-12(14)17-23-16-9/h3-7,18H,1-2H3. The van der Waals surface area contributed by atoms with E-state index in [9.17, 15) is 8.42 Å². The summed E-state index contributed by atoms with van der Waals surface area (Å²) in [7, 11) is -1.22. The number of nitrogens with one attached hydrogen (secondary N) is 1. The third kappa shape index (κ3) is 2.72. The zero-order chi connectivity index (χ0) is 17.3. The highest BCUT2D eigenvalue weighted by Crippen LogP contribution is 2.37. The van der Waals surface area contributed by atoms with Gasteiger partial charge in [-0.3, -0.25) is 4.72 Å². The van der Waals surface area contributed by atoms with Gasteiger partial charge in [0.05, 0.1) is 24.9 Å². The van der Waals surface area contributed by atoms with E-state index in [1.54, 1.807) is 12.1 Å². The minimum Gasteiger partial charge on any atom is -0.493 e. The number of hydrogen-bond acceptors (Lipinski definition) is 7. The Morgan fingerprint density at radius 3 is 2.62 bits per heavy atom. The van der Waals surface area contributed by atoms with Gasteiger partial charge in [-0.15, -0.1) is 0 Å². The van der Waals surface area contributed by atoms with Crippen LogP contribution in [0.1, 0.15) is 0 Å². The van der Waals surface area contributed by atoms with Crippen molar-refractivity contribution in [3.63, 3.8) is 0 Å². The zero-order valence-electron chi connectivity index (χ0n) is 12.6. The van der Waals surface area contributed by atoms with Crippen LogP contribution in [0, 0.1) is 0 Å². The van der Waals surface area contributed by atoms with Crippen LogP contribution < -0.4 is 14.2 Å². The molecule has 2 aromatic carbocycles. The predicted octanol–water partition coefficient (Wildman–Crippen LogP) is 2.69. The summed E-state index contributed by atoms with van der Waals surface area (Å²) in [6, 6.07) is 7.73. The molecule has 0 fully saturated rings. The van der Waals surface area contributed by atoms with E-state index in [4.69, 9.17) is 21.1 Å². The van der Waals surface area contributed by atoms with Gasteiger partial charge in [0.2, 0.25) is 0 Å². The van der Waals surface area contributed by atoms with Crippen molar-refractivity contribution < 1.29 is 22.5 Å². The summed E-state index contributed by atoms with van der Waals surface area (Å²) in [4.78, 5) is -0.229. The number of nitrogens with zero attached hydrogens (tertiary/aromatic N) is 2. The molecule has 8 nitrogen and oxygen atoms in total. The molecule has 0 amide bonds. The molecule has 3 aromatic rings. The topological polar surface area (TPSA) is 104 Å². The van der Waals surface area contributed by atoms with E-state index in [2.05, 4.69) is 19.7 Å². The molecular formula is C14H12ClN3O5S. The van der Waals surface area contributed by atoms with Crippen LogP contribution in [0.25, 0.3) is 11.0 Å². The van der Waals surface area contributed by atoms with E-state index in [1.165, 1.54) is 32.4 Å². The fourth-order valence-electron chi connectivity index (χ4n) is 2.22. The largest absolute Gasteiger partial charge is 0.493 e. The predicted molar refractivity (Wildman–Crippen MR) is 87.2 cm³/mol. The van der Waals surface area contributed by atoms with E-state index >= 15 is 0 Å². The van der Waals surface area contributed by atoms with Crippen LogP contribution in [-0.2, 0) is 10.0 Å². The number of benzene rings is 2. The molecule has 0 aliphatic rings. The van der Waals surface area contributed by atoms with E-state index in [0.717, 1.165) is 0 Å². The second-order valence-corrected chi connectivity index (χ2v) is 6.68. The van der Waals surface area contributed by atoms with Crippen LogP contribution in [0.4, 0.5) is 5.69 Å². The van der Waals surface area contributed by atoms with Crippen LogP contribution >= 0.6 is 11.6 Å². The van der Waals surface area contributed by atoms with Crippen LogP contribution in [0.5, 0.6) is 11.5 Å². The Hall–Kier alpha value is -2.52. The zero-order valence-corrected chi connectivity index (χ0v) is 14.2. The monoisotopic (exact) mass is 369 g/mol. The van der Waals surface area contributed by atoms with Crippen molar-refractivity contribution in [3.8, 4) is 11.5 Å². The molecule has 0 saturated carbocycles. The van der Waals surface area contributed by atoms with Gasteiger partial charge in [-0.05, 0) is 34.6 Å². The van der Waals surface area contributed by atoms with Crippen LogP contribution in [0.3, 0.4) is 0 Å². The minimum atomic E-state index is -4.08. The number of halogens is 1. The highest BCUT2D eigenvalue weighted by molar-refractivity contribution is 7.93. The molecule has 0 aliphatic carbocycles. The summed E-state index contributed by atoms with van der Waals surface area (Å²) in [6.07, 6.45) is 0. The van der Waals surface area contributed by atoms with Crippen molar-refractivity contribution in [2.75, 3.05) is 18.9 Å². The molecule has 1 aromatic heterocycles. The molecule has 0 spiro atoms. The molecule has 0 bridgehead atoms. The number of aromatic nitrogens is 2. The van der Waals surface area contributed by atoms with Gasteiger partial charge in [0.15, 0.2) is 17.0 Å². The molecule has 24 heavy (non-hydrogen) atoms. The SMILES string of the molecule is COc1cccc(NS(=O)(=O)c2c(Cl)ccc3nonc23)c1OC. The van der Waals surface area contributed by atoms with E-state index < -0.39 is 10.0 Å². The smallest absolute Gasteiger partial charge is 0.265 e. The van der Waals surface area contributed by atoms with Crippen molar-refractivity contribution in [1.29, 1.82) is 0 Å². The number of anilines is 1. The lowest BCUT2D eigenvalue weighted by Gasteiger charge is -2.14. The average Bonchev–Trinajstić information content (AvgIpc) is 3.01. The highest BCUT2D eigenvalue weighted by Gasteiger charge is 2.26. The maximum absolute atomic E-state index is 12.8. The molecule has 0 saturated heterocycles. The highest BCUT2D eigenvalue weighted by atomic mass is 35.5. The summed E-state index contributed by atoms with van der Waals surface area (Å²) in [5, 5.41) is 7.23. The van der Waals surface area contributed by atoms with Crippen LogP contribution in [-0.4, -0.2) is 33.0 Å². The Balaban J connectivity index is 2.13. The first kappa shape index (κ1) is 16.3. The quantitative estimate of drug-likeness (QED) is 0.737. The van der Waals surface area contributed by atoms with Gasteiger partial charge in [0.1, 0.15) is 10.4 Å². The first-order valence-electron chi connectivity index (χ1n) is 6.62. The van der Waals surface area contributed by atoms with Crippen LogP contribution in [0.15, 0.2) is 39.9 Å². The maximum atomic E-state index is 12.8. The van der Waals surface area contributed by atoms with Crippen LogP contribution in [0.2, 0.25) is 5.02 Å². The Morgan fingerprint density at radius 2 is 1.92 bits per heavy atom. The molecule has 0 aliphatic heterocycles. The summed E-state index contributed by atoms with van der Waals surface area (Å²) in [5.74, 6) is 0.621. The fraction of sp³-hybridized carbons (Fsp3) is 0.143. The van der Waals surface area contributed by atoms with Gasteiger partial charge in [-0.2, -0.15) is 0 Å². The number of rotatable bonds is 5. The van der Waals surface area contributed by atoms with E-state index in [0.29, 0.717) is 5.75 Å². The fourth-order valence-corrected chi connectivity index (χ4v) is 3.95. The third-order valence-electron chi connectivity index (χ3n) is 3.25. The lowest BCUT2D eigenvalue weighted by molar-refractivity contribution is 0.315. The molecule has 1 heterocycles. The lowest BCUT2D eigenvalue weighted by Crippen LogP contribution is -2.15. The lowest BCUT2D eigenvalue weighted by atomic mass is 10.3. The molecule has 10 heteroatoms. The van der Waals surface area contributed by atoms with Crippen molar-refractivity contribution in [2.24, 2.45) is 0 Å². The minimum absolute atomic E-state index is 0.00689. The second-order valence-electron chi connectivity index (χ2n) is 4.66. The Kier molecular flexibility index (Phi) is 4.20. The molecule has 1 N–H and O–H groups in total. The summed E-state index contributed by atoms with van der Waals surface area (Å²) >= 11 is 6.06. The van der Waals surface area contributed by atoms with Crippen molar-refractivity contribution >= 4 is 38.3 Å². The number of sulfonamides is 1. The van der Waals surface area contributed by atoms with Gasteiger partial charge in [-0.1, -0.05) is 17.7 Å². The second kappa shape index (κ2) is 6.17. The Labute approximate surface area is 142 Å². The van der Waals surface area contributed by atoms with E-state index in [1.807, 2.05) is 0 Å². The van der Waals surface area contributed by atoms with E-state index in [-0.39, 0.29) is 32.4 Å². The van der Waals surface area contributed by atoms with Crippen molar-refractivity contribution in [1.82, 2.24) is 10.3 Å². The van der Waals surface area contributed by atoms with Gasteiger partial charge < -0.3 is 9.47 Å². The van der Waals surface area contributed by atoms with Gasteiger partial charge in [0, 0.05) is 0 Å². The number of para-hydroxylation sites is 1. The molecule has 0 unspecified atom stereocenters. The summed E-state index contributed by atoms with van der Waals surface area (Å²) in [6.45, 7) is 0. The molecule has 0 radical (unpaired) electrons. The molecular weight excluding hydrogens is 358 g/mol. The average molecular weight is 370 g/mol. The number of fused-ring (bicyclic) bond motifs is 1.